The maximum absolute atomic E-state index is 12.1. The van der Waals surface area contributed by atoms with Crippen LogP contribution in [0.3, 0.4) is 0 Å². The Balaban J connectivity index is 1.97. The van der Waals surface area contributed by atoms with Gasteiger partial charge in [-0.2, -0.15) is 0 Å². The molecule has 8 heteroatoms. The van der Waals surface area contributed by atoms with E-state index in [1.54, 1.807) is 24.3 Å². The number of benzene rings is 1. The summed E-state index contributed by atoms with van der Waals surface area (Å²) in [5, 5.41) is 2.95. The SMILES string of the molecule is O=C(Nc1nc2ccccc2c(=O)[nH]1)c1cc(Cl)sc1Cl. The number of aromatic nitrogens is 2. The van der Waals surface area contributed by atoms with Crippen LogP contribution in [0.25, 0.3) is 10.9 Å². The highest BCUT2D eigenvalue weighted by atomic mass is 35.5. The molecule has 106 valence electrons. The maximum Gasteiger partial charge on any atom is 0.260 e. The minimum absolute atomic E-state index is 0.0575. The van der Waals surface area contributed by atoms with Gasteiger partial charge in [-0.1, -0.05) is 35.3 Å². The minimum atomic E-state index is -0.485. The zero-order chi connectivity index (χ0) is 15.0. The summed E-state index contributed by atoms with van der Waals surface area (Å²) in [6.07, 6.45) is 0. The van der Waals surface area contributed by atoms with Crippen molar-refractivity contribution in [2.45, 2.75) is 0 Å². The summed E-state index contributed by atoms with van der Waals surface area (Å²) in [5.74, 6) is -0.427. The highest BCUT2D eigenvalue weighted by Crippen LogP contribution is 2.31. The molecule has 21 heavy (non-hydrogen) atoms. The number of rotatable bonds is 2. The molecule has 1 aromatic carbocycles. The molecular formula is C13H7Cl2N3O2S. The van der Waals surface area contributed by atoms with Crippen molar-refractivity contribution in [2.24, 2.45) is 0 Å². The second kappa shape index (κ2) is 5.48. The van der Waals surface area contributed by atoms with Gasteiger partial charge in [0.05, 0.1) is 20.8 Å². The van der Waals surface area contributed by atoms with Crippen LogP contribution in [0, 0.1) is 0 Å². The van der Waals surface area contributed by atoms with Crippen molar-refractivity contribution in [3.8, 4) is 0 Å². The van der Waals surface area contributed by atoms with Gasteiger partial charge in [0.25, 0.3) is 11.5 Å². The largest absolute Gasteiger partial charge is 0.292 e. The Morgan fingerprint density at radius 3 is 2.76 bits per heavy atom. The third kappa shape index (κ3) is 2.78. The van der Waals surface area contributed by atoms with E-state index in [0.29, 0.717) is 15.2 Å². The summed E-state index contributed by atoms with van der Waals surface area (Å²) < 4.78 is 0.686. The zero-order valence-electron chi connectivity index (χ0n) is 10.3. The molecule has 2 aromatic heterocycles. The fourth-order valence-corrected chi connectivity index (χ4v) is 3.27. The summed E-state index contributed by atoms with van der Waals surface area (Å²) in [4.78, 5) is 30.7. The van der Waals surface area contributed by atoms with E-state index in [0.717, 1.165) is 11.3 Å². The fraction of sp³-hybridized carbons (Fsp3) is 0. The van der Waals surface area contributed by atoms with Gasteiger partial charge in [-0.25, -0.2) is 4.98 Å². The molecule has 0 aliphatic rings. The van der Waals surface area contributed by atoms with Crippen molar-refractivity contribution < 1.29 is 4.79 Å². The van der Waals surface area contributed by atoms with E-state index in [-0.39, 0.29) is 21.4 Å². The Kier molecular flexibility index (Phi) is 3.67. The average molecular weight is 340 g/mol. The molecule has 3 rings (SSSR count). The normalized spacial score (nSPS) is 10.8. The molecule has 0 aliphatic heterocycles. The number of nitrogens with zero attached hydrogens (tertiary/aromatic N) is 1. The first kappa shape index (κ1) is 14.1. The van der Waals surface area contributed by atoms with Crippen LogP contribution in [0.1, 0.15) is 10.4 Å². The second-order valence-corrected chi connectivity index (χ2v) is 6.41. The molecular weight excluding hydrogens is 333 g/mol. The number of anilines is 1. The molecule has 0 saturated carbocycles. The number of aromatic amines is 1. The van der Waals surface area contributed by atoms with Crippen LogP contribution < -0.4 is 10.9 Å². The molecule has 3 aromatic rings. The number of halogens is 2. The molecule has 1 amide bonds. The van der Waals surface area contributed by atoms with E-state index in [4.69, 9.17) is 23.2 Å². The number of H-pyrrole nitrogens is 1. The Bertz CT molecular complexity index is 904. The molecule has 0 unspecified atom stereocenters. The molecule has 0 radical (unpaired) electrons. The first-order chi connectivity index (χ1) is 10.0. The Morgan fingerprint density at radius 2 is 2.05 bits per heavy atom. The van der Waals surface area contributed by atoms with Crippen LogP contribution in [0.2, 0.25) is 8.67 Å². The minimum Gasteiger partial charge on any atom is -0.292 e. The first-order valence-electron chi connectivity index (χ1n) is 5.80. The van der Waals surface area contributed by atoms with Gasteiger partial charge < -0.3 is 0 Å². The van der Waals surface area contributed by atoms with Gasteiger partial charge in [-0.05, 0) is 18.2 Å². The van der Waals surface area contributed by atoms with E-state index in [2.05, 4.69) is 15.3 Å². The van der Waals surface area contributed by atoms with E-state index in [1.807, 2.05) is 0 Å². The lowest BCUT2D eigenvalue weighted by molar-refractivity contribution is 0.102. The third-order valence-corrected chi connectivity index (χ3v) is 4.23. The summed E-state index contributed by atoms with van der Waals surface area (Å²) in [6, 6.07) is 8.31. The van der Waals surface area contributed by atoms with Crippen LogP contribution >= 0.6 is 34.5 Å². The number of hydrogen-bond acceptors (Lipinski definition) is 4. The zero-order valence-corrected chi connectivity index (χ0v) is 12.6. The number of para-hydroxylation sites is 1. The quantitative estimate of drug-likeness (QED) is 0.749. The topological polar surface area (TPSA) is 74.8 Å². The Labute approximate surface area is 132 Å². The number of hydrogen-bond donors (Lipinski definition) is 2. The van der Waals surface area contributed by atoms with Gasteiger partial charge in [-0.3, -0.25) is 19.9 Å². The summed E-state index contributed by atoms with van der Waals surface area (Å²) in [7, 11) is 0. The van der Waals surface area contributed by atoms with Crippen LogP contribution in [0.4, 0.5) is 5.95 Å². The predicted molar refractivity (Wildman–Crippen MR) is 84.7 cm³/mol. The molecule has 0 aliphatic carbocycles. The maximum atomic E-state index is 12.1. The van der Waals surface area contributed by atoms with Gasteiger partial charge in [-0.15, -0.1) is 11.3 Å². The lowest BCUT2D eigenvalue weighted by Crippen LogP contribution is -2.18. The first-order valence-corrected chi connectivity index (χ1v) is 7.37. The number of thiophene rings is 1. The van der Waals surface area contributed by atoms with E-state index >= 15 is 0 Å². The Hall–Kier alpha value is -1.89. The average Bonchev–Trinajstić information content (AvgIpc) is 2.78. The summed E-state index contributed by atoms with van der Waals surface area (Å²) in [5.41, 5.74) is 0.402. The van der Waals surface area contributed by atoms with Crippen LogP contribution in [0.15, 0.2) is 35.1 Å². The molecule has 0 spiro atoms. The number of fused-ring (bicyclic) bond motifs is 1. The number of nitrogens with one attached hydrogen (secondary N) is 2. The monoisotopic (exact) mass is 339 g/mol. The number of carbonyl (C=O) groups excluding carboxylic acids is 1. The smallest absolute Gasteiger partial charge is 0.260 e. The standard InChI is InChI=1S/C13H7Cl2N3O2S/c14-9-5-7(10(15)21-9)12(20)18-13-16-8-4-2-1-3-6(8)11(19)17-13/h1-5H,(H2,16,17,18,19,20). The molecule has 2 heterocycles. The molecule has 0 bridgehead atoms. The molecule has 0 fully saturated rings. The van der Waals surface area contributed by atoms with Crippen molar-refractivity contribution in [1.82, 2.24) is 9.97 Å². The van der Waals surface area contributed by atoms with E-state index in [9.17, 15) is 9.59 Å². The van der Waals surface area contributed by atoms with Crippen LogP contribution in [-0.2, 0) is 0 Å². The van der Waals surface area contributed by atoms with E-state index in [1.165, 1.54) is 6.07 Å². The molecule has 2 N–H and O–H groups in total. The fourth-order valence-electron chi connectivity index (χ4n) is 1.82. The van der Waals surface area contributed by atoms with Crippen molar-refractivity contribution in [1.29, 1.82) is 0 Å². The van der Waals surface area contributed by atoms with E-state index < -0.39 is 5.91 Å². The van der Waals surface area contributed by atoms with Crippen molar-refractivity contribution in [2.75, 3.05) is 5.32 Å². The lowest BCUT2D eigenvalue weighted by atomic mass is 10.2. The highest BCUT2D eigenvalue weighted by Gasteiger charge is 2.15. The van der Waals surface area contributed by atoms with Crippen LogP contribution in [-0.4, -0.2) is 15.9 Å². The predicted octanol–water partition coefficient (Wildman–Crippen LogP) is 3.54. The summed E-state index contributed by atoms with van der Waals surface area (Å²) >= 11 is 12.8. The number of carbonyl (C=O) groups is 1. The molecule has 0 saturated heterocycles. The lowest BCUT2D eigenvalue weighted by Gasteiger charge is -2.04. The van der Waals surface area contributed by atoms with Gasteiger partial charge in [0.15, 0.2) is 0 Å². The third-order valence-electron chi connectivity index (χ3n) is 2.75. The van der Waals surface area contributed by atoms with Crippen molar-refractivity contribution >= 4 is 57.3 Å². The van der Waals surface area contributed by atoms with Gasteiger partial charge in [0, 0.05) is 0 Å². The Morgan fingerprint density at radius 1 is 1.29 bits per heavy atom. The van der Waals surface area contributed by atoms with Crippen molar-refractivity contribution in [3.05, 3.63) is 54.9 Å². The van der Waals surface area contributed by atoms with Gasteiger partial charge >= 0.3 is 0 Å². The summed E-state index contributed by atoms with van der Waals surface area (Å²) in [6.45, 7) is 0. The molecule has 0 atom stereocenters. The molecule has 5 nitrogen and oxygen atoms in total. The highest BCUT2D eigenvalue weighted by molar-refractivity contribution is 7.20. The van der Waals surface area contributed by atoms with Crippen molar-refractivity contribution in [3.63, 3.8) is 0 Å². The van der Waals surface area contributed by atoms with Gasteiger partial charge in [0.2, 0.25) is 5.95 Å². The van der Waals surface area contributed by atoms with Crippen LogP contribution in [0.5, 0.6) is 0 Å². The second-order valence-electron chi connectivity index (χ2n) is 4.12. The number of amides is 1. The van der Waals surface area contributed by atoms with Gasteiger partial charge in [0.1, 0.15) is 4.34 Å².